The third-order valence-corrected chi connectivity index (χ3v) is 2.27. The lowest BCUT2D eigenvalue weighted by atomic mass is 9.97. The molecule has 0 bridgehead atoms. The molecule has 2 atom stereocenters. The summed E-state index contributed by atoms with van der Waals surface area (Å²) in [6.07, 6.45) is 6.00. The molecule has 0 saturated carbocycles. The molecular formula is C10H12N2. The summed E-state index contributed by atoms with van der Waals surface area (Å²) in [4.78, 5) is 4.24. The third kappa shape index (κ3) is 1.14. The van der Waals surface area contributed by atoms with Crippen molar-refractivity contribution in [3.8, 4) is 0 Å². The Balaban J connectivity index is 2.70. The van der Waals surface area contributed by atoms with Crippen molar-refractivity contribution in [3.63, 3.8) is 0 Å². The standard InChI is InChI=1S/C10H12N2/c1-7-5-8-3-2-4-12-10(8)6-9(7)11/h2-7,9H,11H2,1H3. The maximum atomic E-state index is 5.87. The van der Waals surface area contributed by atoms with Gasteiger partial charge >= 0.3 is 0 Å². The van der Waals surface area contributed by atoms with E-state index in [4.69, 9.17) is 5.73 Å². The molecule has 1 heterocycles. The van der Waals surface area contributed by atoms with E-state index in [1.165, 1.54) is 5.22 Å². The van der Waals surface area contributed by atoms with Gasteiger partial charge in [-0.15, -0.1) is 0 Å². The predicted octanol–water partition coefficient (Wildman–Crippen LogP) is -0.380. The minimum Gasteiger partial charge on any atom is -0.324 e. The molecule has 0 fully saturated rings. The number of nitrogens with two attached hydrogens (primary N) is 1. The molecule has 2 rings (SSSR count). The van der Waals surface area contributed by atoms with Crippen LogP contribution in [0.5, 0.6) is 0 Å². The number of hydrogen-bond acceptors (Lipinski definition) is 2. The van der Waals surface area contributed by atoms with Crippen LogP contribution >= 0.6 is 0 Å². The van der Waals surface area contributed by atoms with Crippen LogP contribution in [0, 0.1) is 5.92 Å². The molecule has 2 heteroatoms. The van der Waals surface area contributed by atoms with E-state index in [9.17, 15) is 0 Å². The van der Waals surface area contributed by atoms with Crippen LogP contribution in [-0.2, 0) is 0 Å². The van der Waals surface area contributed by atoms with Gasteiger partial charge in [0.05, 0.1) is 5.35 Å². The van der Waals surface area contributed by atoms with Gasteiger partial charge in [0.1, 0.15) is 0 Å². The molecule has 1 aromatic heterocycles. The van der Waals surface area contributed by atoms with E-state index in [2.05, 4.69) is 24.1 Å². The highest BCUT2D eigenvalue weighted by Gasteiger charge is 2.10. The summed E-state index contributed by atoms with van der Waals surface area (Å²) < 4.78 is 0. The molecule has 12 heavy (non-hydrogen) atoms. The van der Waals surface area contributed by atoms with Gasteiger partial charge in [0.2, 0.25) is 0 Å². The van der Waals surface area contributed by atoms with Gasteiger partial charge in [-0.2, -0.15) is 0 Å². The second-order valence-electron chi connectivity index (χ2n) is 3.25. The molecule has 2 unspecified atom stereocenters. The first-order chi connectivity index (χ1) is 5.77. The summed E-state index contributed by atoms with van der Waals surface area (Å²) in [5.74, 6) is 0.418. The Morgan fingerprint density at radius 2 is 2.25 bits per heavy atom. The molecule has 1 aliphatic rings. The summed E-state index contributed by atoms with van der Waals surface area (Å²) in [5, 5.41) is 2.22. The maximum Gasteiger partial charge on any atom is 0.0674 e. The zero-order chi connectivity index (χ0) is 8.55. The summed E-state index contributed by atoms with van der Waals surface area (Å²) in [6, 6.07) is 4.14. The van der Waals surface area contributed by atoms with Gasteiger partial charge in [-0.1, -0.05) is 19.1 Å². The fourth-order valence-corrected chi connectivity index (χ4v) is 1.44. The highest BCUT2D eigenvalue weighted by Crippen LogP contribution is 2.04. The van der Waals surface area contributed by atoms with Crippen molar-refractivity contribution in [2.24, 2.45) is 11.7 Å². The lowest BCUT2D eigenvalue weighted by Gasteiger charge is -2.15. The Morgan fingerprint density at radius 1 is 1.42 bits per heavy atom. The average Bonchev–Trinajstić information content (AvgIpc) is 2.07. The molecule has 2 N–H and O–H groups in total. The summed E-state index contributed by atoms with van der Waals surface area (Å²) in [5.41, 5.74) is 5.87. The Bertz CT molecular complexity index is 356. The van der Waals surface area contributed by atoms with Crippen LogP contribution in [0.25, 0.3) is 12.2 Å². The summed E-state index contributed by atoms with van der Waals surface area (Å²) in [6.45, 7) is 2.12. The lowest BCUT2D eigenvalue weighted by Crippen LogP contribution is -2.39. The minimum absolute atomic E-state index is 0.118. The van der Waals surface area contributed by atoms with Crippen LogP contribution in [-0.4, -0.2) is 11.0 Å². The third-order valence-electron chi connectivity index (χ3n) is 2.27. The number of aromatic nitrogens is 1. The van der Waals surface area contributed by atoms with E-state index < -0.39 is 0 Å². The summed E-state index contributed by atoms with van der Waals surface area (Å²) >= 11 is 0. The molecule has 0 saturated heterocycles. The Kier molecular flexibility index (Phi) is 1.70. The monoisotopic (exact) mass is 160 g/mol. The molecule has 0 aliphatic heterocycles. The molecule has 1 aromatic rings. The van der Waals surface area contributed by atoms with E-state index >= 15 is 0 Å². The van der Waals surface area contributed by atoms with Crippen molar-refractivity contribution in [2.45, 2.75) is 13.0 Å². The predicted molar refractivity (Wildman–Crippen MR) is 49.6 cm³/mol. The SMILES string of the molecule is CC1C=c2cccnc2=CC1N. The second kappa shape index (κ2) is 2.72. The van der Waals surface area contributed by atoms with Gasteiger partial charge in [-0.05, 0) is 23.3 Å². The first-order valence-corrected chi connectivity index (χ1v) is 4.18. The molecule has 1 aliphatic carbocycles. The number of nitrogens with zero attached hydrogens (tertiary/aromatic N) is 1. The number of fused-ring (bicyclic) bond motifs is 1. The quantitative estimate of drug-likeness (QED) is 0.562. The number of rotatable bonds is 0. The van der Waals surface area contributed by atoms with Crippen LogP contribution in [0.15, 0.2) is 18.3 Å². The summed E-state index contributed by atoms with van der Waals surface area (Å²) in [7, 11) is 0. The molecule has 0 spiro atoms. The fourth-order valence-electron chi connectivity index (χ4n) is 1.44. The molecule has 2 nitrogen and oxygen atoms in total. The van der Waals surface area contributed by atoms with Crippen molar-refractivity contribution >= 4 is 12.2 Å². The first-order valence-electron chi connectivity index (χ1n) is 4.18. The molecule has 0 radical (unpaired) electrons. The van der Waals surface area contributed by atoms with Crippen molar-refractivity contribution < 1.29 is 0 Å². The normalized spacial score (nSPS) is 26.8. The molecule has 0 aromatic carbocycles. The first kappa shape index (κ1) is 7.50. The molecular weight excluding hydrogens is 148 g/mol. The van der Waals surface area contributed by atoms with Gasteiger partial charge in [-0.3, -0.25) is 4.98 Å². The van der Waals surface area contributed by atoms with Gasteiger partial charge in [0.15, 0.2) is 0 Å². The highest BCUT2D eigenvalue weighted by molar-refractivity contribution is 5.42. The Hall–Kier alpha value is -1.15. The fraction of sp³-hybridized carbons (Fsp3) is 0.300. The number of pyridine rings is 1. The van der Waals surface area contributed by atoms with E-state index in [0.29, 0.717) is 5.92 Å². The van der Waals surface area contributed by atoms with Crippen LogP contribution in [0.2, 0.25) is 0 Å². The second-order valence-corrected chi connectivity index (χ2v) is 3.25. The highest BCUT2D eigenvalue weighted by atomic mass is 14.7. The van der Waals surface area contributed by atoms with Crippen LogP contribution in [0.1, 0.15) is 6.92 Å². The van der Waals surface area contributed by atoms with Gasteiger partial charge in [0, 0.05) is 12.2 Å². The Labute approximate surface area is 71.4 Å². The van der Waals surface area contributed by atoms with Crippen molar-refractivity contribution in [1.82, 2.24) is 4.98 Å². The smallest absolute Gasteiger partial charge is 0.0674 e. The van der Waals surface area contributed by atoms with Crippen LogP contribution < -0.4 is 16.3 Å². The average molecular weight is 160 g/mol. The maximum absolute atomic E-state index is 5.87. The lowest BCUT2D eigenvalue weighted by molar-refractivity contribution is 0.677. The van der Waals surface area contributed by atoms with Crippen molar-refractivity contribution in [3.05, 3.63) is 28.9 Å². The molecule has 62 valence electrons. The van der Waals surface area contributed by atoms with Gasteiger partial charge in [0.25, 0.3) is 0 Å². The minimum atomic E-state index is 0.118. The molecule has 0 amide bonds. The number of hydrogen-bond donors (Lipinski definition) is 1. The Morgan fingerprint density at radius 3 is 3.08 bits per heavy atom. The van der Waals surface area contributed by atoms with Crippen molar-refractivity contribution in [2.75, 3.05) is 0 Å². The largest absolute Gasteiger partial charge is 0.324 e. The van der Waals surface area contributed by atoms with E-state index in [1.54, 1.807) is 6.20 Å². The van der Waals surface area contributed by atoms with Crippen LogP contribution in [0.4, 0.5) is 0 Å². The van der Waals surface area contributed by atoms with Gasteiger partial charge < -0.3 is 5.73 Å². The zero-order valence-corrected chi connectivity index (χ0v) is 7.07. The van der Waals surface area contributed by atoms with E-state index in [-0.39, 0.29) is 6.04 Å². The van der Waals surface area contributed by atoms with E-state index in [1.807, 2.05) is 12.1 Å². The topological polar surface area (TPSA) is 38.9 Å². The van der Waals surface area contributed by atoms with E-state index in [0.717, 1.165) is 5.35 Å². The zero-order valence-electron chi connectivity index (χ0n) is 7.07. The van der Waals surface area contributed by atoms with Gasteiger partial charge in [-0.25, -0.2) is 0 Å². The van der Waals surface area contributed by atoms with Crippen molar-refractivity contribution in [1.29, 1.82) is 0 Å². The van der Waals surface area contributed by atoms with Crippen LogP contribution in [0.3, 0.4) is 0 Å².